The van der Waals surface area contributed by atoms with Crippen LogP contribution in [0.15, 0.2) is 29.3 Å². The van der Waals surface area contributed by atoms with Crippen LogP contribution in [-0.4, -0.2) is 82.0 Å². The average Bonchev–Trinajstić information content (AvgIpc) is 3.31. The second-order valence-corrected chi connectivity index (χ2v) is 8.75. The number of hydrogen-bond acceptors (Lipinski definition) is 7. The number of nitrogens with two attached hydrogens (primary N) is 3. The summed E-state index contributed by atoms with van der Waals surface area (Å²) < 4.78 is 0. The van der Waals surface area contributed by atoms with E-state index in [0.29, 0.717) is 44.3 Å². The number of phenols is 1. The van der Waals surface area contributed by atoms with Crippen LogP contribution in [0.1, 0.15) is 38.2 Å². The van der Waals surface area contributed by atoms with E-state index in [1.165, 1.54) is 24.0 Å². The number of carbonyl (C=O) groups is 4. The molecule has 0 bridgehead atoms. The molecule has 0 radical (unpaired) electrons. The van der Waals surface area contributed by atoms with E-state index in [2.05, 4.69) is 15.6 Å². The number of carboxylic acid groups (broad SMARTS) is 1. The van der Waals surface area contributed by atoms with Crippen molar-refractivity contribution in [2.24, 2.45) is 22.2 Å². The minimum atomic E-state index is -1.24. The van der Waals surface area contributed by atoms with Crippen molar-refractivity contribution in [3.63, 3.8) is 0 Å². The summed E-state index contributed by atoms with van der Waals surface area (Å²) >= 11 is 0. The van der Waals surface area contributed by atoms with E-state index in [4.69, 9.17) is 17.2 Å². The highest BCUT2D eigenvalue weighted by Crippen LogP contribution is 2.19. The molecule has 1 heterocycles. The minimum absolute atomic E-state index is 0.00596. The van der Waals surface area contributed by atoms with Gasteiger partial charge >= 0.3 is 5.97 Å². The molecule has 1 aromatic carbocycles. The Morgan fingerprint density at radius 3 is 2.44 bits per heavy atom. The van der Waals surface area contributed by atoms with E-state index in [9.17, 15) is 29.4 Å². The van der Waals surface area contributed by atoms with Crippen LogP contribution in [0.25, 0.3) is 0 Å². The number of hydrogen-bond donors (Lipinski definition) is 7. The second-order valence-electron chi connectivity index (χ2n) is 8.75. The number of aliphatic carboxylic acids is 1. The molecule has 198 valence electrons. The number of carboxylic acids is 1. The molecule has 36 heavy (non-hydrogen) atoms. The quantitative estimate of drug-likeness (QED) is 0.0982. The molecule has 0 aliphatic carbocycles. The van der Waals surface area contributed by atoms with Crippen LogP contribution in [0.2, 0.25) is 0 Å². The van der Waals surface area contributed by atoms with E-state index < -0.39 is 42.0 Å². The fourth-order valence-corrected chi connectivity index (χ4v) is 3.90. The highest BCUT2D eigenvalue weighted by Gasteiger charge is 2.37. The highest BCUT2D eigenvalue weighted by atomic mass is 16.4. The first kappa shape index (κ1) is 28.4. The van der Waals surface area contributed by atoms with Crippen LogP contribution >= 0.6 is 0 Å². The number of likely N-dealkylation sites (tertiary alicyclic amines) is 1. The Labute approximate surface area is 209 Å². The molecular formula is C23H35N7O6. The molecular weight excluding hydrogens is 470 g/mol. The molecule has 1 fully saturated rings. The highest BCUT2D eigenvalue weighted by molar-refractivity contribution is 5.94. The van der Waals surface area contributed by atoms with Gasteiger partial charge in [-0.25, -0.2) is 4.79 Å². The maximum atomic E-state index is 12.9. The lowest BCUT2D eigenvalue weighted by Crippen LogP contribution is -2.56. The number of benzene rings is 1. The predicted molar refractivity (Wildman–Crippen MR) is 132 cm³/mol. The standard InChI is InChI=1S/C23H35N7O6/c1-13(19(32)29-17(22(35)36)12-14-6-8-15(31)9-7-14)28-20(33)18-5-3-11-30(18)21(34)16(24)4-2-10-27-23(25)26/h6-9,13,16-18,31H,2-5,10-12,24H2,1H3,(H,28,33)(H,29,32)(H,35,36)(H4,25,26,27)/t13-,16-,17-,18-/m0/s1. The number of guanidine groups is 1. The topological polar surface area (TPSA) is 226 Å². The summed E-state index contributed by atoms with van der Waals surface area (Å²) in [4.78, 5) is 55.2. The lowest BCUT2D eigenvalue weighted by molar-refractivity contribution is -0.143. The van der Waals surface area contributed by atoms with E-state index in [-0.39, 0.29) is 24.0 Å². The first-order valence-corrected chi connectivity index (χ1v) is 11.7. The first-order chi connectivity index (χ1) is 17.0. The van der Waals surface area contributed by atoms with Gasteiger partial charge in [-0.05, 0) is 50.3 Å². The van der Waals surface area contributed by atoms with Gasteiger partial charge in [-0.2, -0.15) is 0 Å². The fourth-order valence-electron chi connectivity index (χ4n) is 3.90. The molecule has 0 spiro atoms. The summed E-state index contributed by atoms with van der Waals surface area (Å²) in [5.74, 6) is -2.80. The first-order valence-electron chi connectivity index (χ1n) is 11.7. The Bertz CT molecular complexity index is 964. The molecule has 0 saturated carbocycles. The predicted octanol–water partition coefficient (Wildman–Crippen LogP) is -1.62. The monoisotopic (exact) mass is 505 g/mol. The molecule has 1 aliphatic heterocycles. The van der Waals surface area contributed by atoms with Gasteiger partial charge in [-0.1, -0.05) is 12.1 Å². The van der Waals surface area contributed by atoms with E-state index in [0.717, 1.165) is 0 Å². The van der Waals surface area contributed by atoms with Crippen molar-refractivity contribution in [1.82, 2.24) is 15.5 Å². The van der Waals surface area contributed by atoms with Crippen LogP contribution in [0, 0.1) is 0 Å². The summed E-state index contributed by atoms with van der Waals surface area (Å²) in [5, 5.41) is 23.9. The number of amides is 3. The number of phenolic OH excluding ortho intramolecular Hbond substituents is 1. The van der Waals surface area contributed by atoms with Gasteiger partial charge in [0, 0.05) is 19.5 Å². The van der Waals surface area contributed by atoms with E-state index >= 15 is 0 Å². The summed E-state index contributed by atoms with van der Waals surface area (Å²) in [7, 11) is 0. The Kier molecular flexibility index (Phi) is 10.5. The molecule has 10 N–H and O–H groups in total. The lowest BCUT2D eigenvalue weighted by Gasteiger charge is -2.28. The zero-order valence-corrected chi connectivity index (χ0v) is 20.2. The molecule has 0 aromatic heterocycles. The van der Waals surface area contributed by atoms with Gasteiger partial charge in [0.05, 0.1) is 6.04 Å². The zero-order valence-electron chi connectivity index (χ0n) is 20.2. The molecule has 13 heteroatoms. The molecule has 13 nitrogen and oxygen atoms in total. The summed E-state index contributed by atoms with van der Waals surface area (Å²) in [5.41, 5.74) is 17.2. The van der Waals surface area contributed by atoms with Gasteiger partial charge in [0.25, 0.3) is 0 Å². The molecule has 1 saturated heterocycles. The lowest BCUT2D eigenvalue weighted by atomic mass is 10.1. The average molecular weight is 506 g/mol. The Morgan fingerprint density at radius 1 is 1.17 bits per heavy atom. The smallest absolute Gasteiger partial charge is 0.326 e. The SMILES string of the molecule is C[C@H](NC(=O)[C@@H]1CCCN1C(=O)[C@@H](N)CCCN=C(N)N)C(=O)N[C@@H](Cc1ccc(O)cc1)C(=O)O. The van der Waals surface area contributed by atoms with Gasteiger partial charge in [0.15, 0.2) is 5.96 Å². The number of aliphatic imine (C=N–C) groups is 1. The van der Waals surface area contributed by atoms with Crippen LogP contribution in [0.3, 0.4) is 0 Å². The minimum Gasteiger partial charge on any atom is -0.508 e. The Balaban J connectivity index is 1.91. The van der Waals surface area contributed by atoms with Crippen LogP contribution < -0.4 is 27.8 Å². The number of carbonyl (C=O) groups excluding carboxylic acids is 3. The second kappa shape index (κ2) is 13.3. The Morgan fingerprint density at radius 2 is 1.83 bits per heavy atom. The third-order valence-electron chi connectivity index (χ3n) is 5.87. The van der Waals surface area contributed by atoms with Crippen molar-refractivity contribution >= 4 is 29.7 Å². The van der Waals surface area contributed by atoms with Gasteiger partial charge in [0.2, 0.25) is 17.7 Å². The molecule has 4 atom stereocenters. The Hall–Kier alpha value is -3.87. The normalized spacial score (nSPS) is 17.5. The van der Waals surface area contributed by atoms with Gasteiger partial charge < -0.3 is 42.9 Å². The summed E-state index contributed by atoms with van der Waals surface area (Å²) in [6, 6.07) is 2.09. The fraction of sp³-hybridized carbons (Fsp3) is 0.522. The van der Waals surface area contributed by atoms with Gasteiger partial charge in [-0.3, -0.25) is 19.4 Å². The summed E-state index contributed by atoms with van der Waals surface area (Å²) in [6.07, 6.45) is 1.87. The number of rotatable bonds is 12. The molecule has 0 unspecified atom stereocenters. The van der Waals surface area contributed by atoms with Crippen LogP contribution in [0.5, 0.6) is 5.75 Å². The third-order valence-corrected chi connectivity index (χ3v) is 5.87. The van der Waals surface area contributed by atoms with Crippen molar-refractivity contribution in [2.45, 2.75) is 63.2 Å². The number of nitrogens with zero attached hydrogens (tertiary/aromatic N) is 2. The largest absolute Gasteiger partial charge is 0.508 e. The molecule has 1 aliphatic rings. The van der Waals surface area contributed by atoms with E-state index in [1.54, 1.807) is 12.1 Å². The van der Waals surface area contributed by atoms with Crippen LogP contribution in [0.4, 0.5) is 0 Å². The summed E-state index contributed by atoms with van der Waals surface area (Å²) in [6.45, 7) is 2.14. The van der Waals surface area contributed by atoms with Crippen molar-refractivity contribution in [1.29, 1.82) is 0 Å². The van der Waals surface area contributed by atoms with Crippen molar-refractivity contribution in [3.05, 3.63) is 29.8 Å². The number of nitrogens with one attached hydrogen (secondary N) is 2. The third kappa shape index (κ3) is 8.41. The maximum absolute atomic E-state index is 12.9. The number of aromatic hydroxyl groups is 1. The molecule has 1 aromatic rings. The van der Waals surface area contributed by atoms with Crippen molar-refractivity contribution < 1.29 is 29.4 Å². The molecule has 2 rings (SSSR count). The van der Waals surface area contributed by atoms with E-state index in [1.807, 2.05) is 0 Å². The zero-order chi connectivity index (χ0) is 26.8. The van der Waals surface area contributed by atoms with Crippen LogP contribution in [-0.2, 0) is 25.6 Å². The van der Waals surface area contributed by atoms with Gasteiger partial charge in [0.1, 0.15) is 23.9 Å². The van der Waals surface area contributed by atoms with Gasteiger partial charge in [-0.15, -0.1) is 0 Å². The molecule has 3 amide bonds. The maximum Gasteiger partial charge on any atom is 0.326 e. The van der Waals surface area contributed by atoms with Crippen molar-refractivity contribution in [2.75, 3.05) is 13.1 Å². The van der Waals surface area contributed by atoms with Crippen molar-refractivity contribution in [3.8, 4) is 5.75 Å².